The van der Waals surface area contributed by atoms with Crippen molar-refractivity contribution in [2.75, 3.05) is 20.2 Å². The van der Waals surface area contributed by atoms with Gasteiger partial charge in [-0.15, -0.1) is 0 Å². The van der Waals surface area contributed by atoms with Gasteiger partial charge in [-0.3, -0.25) is 9.78 Å². The Morgan fingerprint density at radius 1 is 1.20 bits per heavy atom. The molecule has 1 aliphatic heterocycles. The van der Waals surface area contributed by atoms with Gasteiger partial charge in [0.2, 0.25) is 11.7 Å². The van der Waals surface area contributed by atoms with Gasteiger partial charge in [0, 0.05) is 19.3 Å². The fourth-order valence-electron chi connectivity index (χ4n) is 2.79. The van der Waals surface area contributed by atoms with Crippen LogP contribution in [0, 0.1) is 0 Å². The first-order valence-electron chi connectivity index (χ1n) is 7.93. The maximum atomic E-state index is 12.3. The first kappa shape index (κ1) is 15.3. The van der Waals surface area contributed by atoms with E-state index in [0.717, 1.165) is 5.56 Å². The van der Waals surface area contributed by atoms with E-state index in [9.17, 15) is 4.79 Å². The molecule has 1 amide bonds. The van der Waals surface area contributed by atoms with E-state index >= 15 is 0 Å². The van der Waals surface area contributed by atoms with Crippen LogP contribution in [0.2, 0.25) is 0 Å². The minimum Gasteiger partial charge on any atom is -0.496 e. The van der Waals surface area contributed by atoms with Crippen LogP contribution in [0.3, 0.4) is 0 Å². The van der Waals surface area contributed by atoms with Gasteiger partial charge in [0.1, 0.15) is 11.4 Å². The number of carbonyl (C=O) groups is 1. The molecule has 0 aliphatic carbocycles. The van der Waals surface area contributed by atoms with Gasteiger partial charge in [0.25, 0.3) is 5.91 Å². The van der Waals surface area contributed by atoms with Crippen LogP contribution in [0.5, 0.6) is 5.75 Å². The molecule has 2 aromatic heterocycles. The minimum absolute atomic E-state index is 0.0450. The Kier molecular flexibility index (Phi) is 3.89. The molecule has 0 bridgehead atoms. The summed E-state index contributed by atoms with van der Waals surface area (Å²) in [4.78, 5) is 22.6. The molecule has 7 nitrogen and oxygen atoms in total. The van der Waals surface area contributed by atoms with Crippen LogP contribution in [0.15, 0.2) is 53.2 Å². The number of likely N-dealkylation sites (tertiary alicyclic amines) is 1. The van der Waals surface area contributed by atoms with Gasteiger partial charge >= 0.3 is 0 Å². The lowest BCUT2D eigenvalue weighted by molar-refractivity contribution is 0.0563. The molecule has 7 heteroatoms. The van der Waals surface area contributed by atoms with E-state index in [4.69, 9.17) is 9.26 Å². The molecule has 0 spiro atoms. The second-order valence-corrected chi connectivity index (χ2v) is 5.78. The molecule has 3 aromatic rings. The molecule has 4 rings (SSSR count). The largest absolute Gasteiger partial charge is 0.496 e. The summed E-state index contributed by atoms with van der Waals surface area (Å²) in [6.45, 7) is 1.09. The number of rotatable bonds is 4. The van der Waals surface area contributed by atoms with Crippen LogP contribution in [-0.4, -0.2) is 46.1 Å². The van der Waals surface area contributed by atoms with E-state index in [1.54, 1.807) is 36.4 Å². The minimum atomic E-state index is -0.0821. The summed E-state index contributed by atoms with van der Waals surface area (Å²) in [7, 11) is 1.60. The molecule has 1 saturated heterocycles. The van der Waals surface area contributed by atoms with Gasteiger partial charge in [-0.25, -0.2) is 0 Å². The maximum absolute atomic E-state index is 12.3. The van der Waals surface area contributed by atoms with Crippen molar-refractivity contribution in [2.24, 2.45) is 0 Å². The van der Waals surface area contributed by atoms with Crippen molar-refractivity contribution in [3.63, 3.8) is 0 Å². The zero-order valence-electron chi connectivity index (χ0n) is 13.6. The lowest BCUT2D eigenvalue weighted by atomic mass is 9.99. The zero-order valence-corrected chi connectivity index (χ0v) is 13.6. The molecule has 0 N–H and O–H groups in total. The number of para-hydroxylation sites is 1. The van der Waals surface area contributed by atoms with E-state index in [1.165, 1.54) is 0 Å². The zero-order chi connectivity index (χ0) is 17.2. The number of benzene rings is 1. The molecule has 0 saturated carbocycles. The quantitative estimate of drug-likeness (QED) is 0.727. The van der Waals surface area contributed by atoms with Crippen LogP contribution in [0.4, 0.5) is 0 Å². The average Bonchev–Trinajstić information content (AvgIpc) is 3.10. The molecule has 1 aromatic carbocycles. The summed E-state index contributed by atoms with van der Waals surface area (Å²) in [5.74, 6) is 1.67. The number of amides is 1. The molecule has 126 valence electrons. The number of pyridine rings is 1. The van der Waals surface area contributed by atoms with Crippen molar-refractivity contribution in [3.8, 4) is 17.1 Å². The highest BCUT2D eigenvalue weighted by atomic mass is 16.5. The Morgan fingerprint density at radius 3 is 2.76 bits per heavy atom. The normalized spacial score (nSPS) is 14.2. The van der Waals surface area contributed by atoms with E-state index in [0.29, 0.717) is 36.2 Å². The molecule has 25 heavy (non-hydrogen) atoms. The van der Waals surface area contributed by atoms with Crippen LogP contribution in [-0.2, 0) is 0 Å². The second-order valence-electron chi connectivity index (χ2n) is 5.78. The van der Waals surface area contributed by atoms with Gasteiger partial charge < -0.3 is 14.2 Å². The van der Waals surface area contributed by atoms with Gasteiger partial charge in [0.05, 0.1) is 18.6 Å². The first-order chi connectivity index (χ1) is 12.3. The van der Waals surface area contributed by atoms with Crippen molar-refractivity contribution in [1.82, 2.24) is 20.0 Å². The number of hydrogen-bond acceptors (Lipinski definition) is 6. The van der Waals surface area contributed by atoms with Crippen molar-refractivity contribution in [3.05, 3.63) is 60.2 Å². The third-order valence-electron chi connectivity index (χ3n) is 4.19. The summed E-state index contributed by atoms with van der Waals surface area (Å²) in [5, 5.41) is 4.04. The summed E-state index contributed by atoms with van der Waals surface area (Å²) in [6.07, 6.45) is 1.61. The van der Waals surface area contributed by atoms with Crippen molar-refractivity contribution < 1.29 is 14.1 Å². The third kappa shape index (κ3) is 2.84. The van der Waals surface area contributed by atoms with Crippen LogP contribution >= 0.6 is 0 Å². The first-order valence-corrected chi connectivity index (χ1v) is 7.93. The number of carbonyl (C=O) groups excluding carboxylic acids is 1. The van der Waals surface area contributed by atoms with E-state index in [-0.39, 0.29) is 11.8 Å². The fourth-order valence-corrected chi connectivity index (χ4v) is 2.79. The average molecular weight is 336 g/mol. The molecule has 1 aliphatic rings. The number of ether oxygens (including phenoxy) is 1. The molecule has 3 heterocycles. The smallest absolute Gasteiger partial charge is 0.272 e. The summed E-state index contributed by atoms with van der Waals surface area (Å²) < 4.78 is 10.7. The SMILES string of the molecule is COc1ccccc1-c1noc(C2CN(C(=O)c3ccccn3)C2)n1. The number of hydrogen-bond donors (Lipinski definition) is 0. The van der Waals surface area contributed by atoms with E-state index in [2.05, 4.69) is 15.1 Å². The highest BCUT2D eigenvalue weighted by Gasteiger charge is 2.36. The Morgan fingerprint density at radius 2 is 2.00 bits per heavy atom. The van der Waals surface area contributed by atoms with Gasteiger partial charge in [0.15, 0.2) is 0 Å². The monoisotopic (exact) mass is 336 g/mol. The molecular formula is C18H16N4O3. The topological polar surface area (TPSA) is 81.4 Å². The Hall–Kier alpha value is -3.22. The maximum Gasteiger partial charge on any atom is 0.272 e. The van der Waals surface area contributed by atoms with Gasteiger partial charge in [-0.05, 0) is 24.3 Å². The Balaban J connectivity index is 1.45. The molecule has 0 radical (unpaired) electrons. The van der Waals surface area contributed by atoms with E-state index < -0.39 is 0 Å². The molecule has 0 unspecified atom stereocenters. The fraction of sp³-hybridized carbons (Fsp3) is 0.222. The van der Waals surface area contributed by atoms with Crippen molar-refractivity contribution >= 4 is 5.91 Å². The lowest BCUT2D eigenvalue weighted by Gasteiger charge is -2.36. The van der Waals surface area contributed by atoms with Gasteiger partial charge in [-0.2, -0.15) is 4.98 Å². The van der Waals surface area contributed by atoms with Crippen LogP contribution < -0.4 is 4.74 Å². The number of nitrogens with zero attached hydrogens (tertiary/aromatic N) is 4. The number of methoxy groups -OCH3 is 1. The predicted molar refractivity (Wildman–Crippen MR) is 89.2 cm³/mol. The predicted octanol–water partition coefficient (Wildman–Crippen LogP) is 2.38. The lowest BCUT2D eigenvalue weighted by Crippen LogP contribution is -2.48. The Bertz CT molecular complexity index is 888. The van der Waals surface area contributed by atoms with E-state index in [1.807, 2.05) is 24.3 Å². The molecule has 0 atom stereocenters. The van der Waals surface area contributed by atoms with Crippen LogP contribution in [0.1, 0.15) is 22.3 Å². The number of aromatic nitrogens is 3. The third-order valence-corrected chi connectivity index (χ3v) is 4.19. The summed E-state index contributed by atoms with van der Waals surface area (Å²) >= 11 is 0. The summed E-state index contributed by atoms with van der Waals surface area (Å²) in [5.41, 5.74) is 1.22. The van der Waals surface area contributed by atoms with Crippen LogP contribution in [0.25, 0.3) is 11.4 Å². The summed E-state index contributed by atoms with van der Waals surface area (Å²) in [6, 6.07) is 12.8. The highest BCUT2D eigenvalue weighted by Crippen LogP contribution is 2.31. The Labute approximate surface area is 144 Å². The van der Waals surface area contributed by atoms with Crippen molar-refractivity contribution in [2.45, 2.75) is 5.92 Å². The van der Waals surface area contributed by atoms with Gasteiger partial charge in [-0.1, -0.05) is 23.4 Å². The second kappa shape index (κ2) is 6.35. The molecular weight excluding hydrogens is 320 g/mol. The standard InChI is InChI=1S/C18H16N4O3/c1-24-15-8-3-2-6-13(15)16-20-17(25-21-16)12-10-22(11-12)18(23)14-7-4-5-9-19-14/h2-9,12H,10-11H2,1H3. The highest BCUT2D eigenvalue weighted by molar-refractivity contribution is 5.92. The van der Waals surface area contributed by atoms with Crippen molar-refractivity contribution in [1.29, 1.82) is 0 Å². The molecule has 1 fully saturated rings.